The summed E-state index contributed by atoms with van der Waals surface area (Å²) in [5, 5.41) is 1.90. The van der Waals surface area contributed by atoms with Crippen molar-refractivity contribution >= 4 is 17.2 Å². The number of amides is 1. The van der Waals surface area contributed by atoms with Gasteiger partial charge < -0.3 is 10.6 Å². The van der Waals surface area contributed by atoms with Crippen LogP contribution in [0.4, 0.5) is 0 Å². The molecule has 1 heterocycles. The van der Waals surface area contributed by atoms with Crippen LogP contribution in [0.25, 0.3) is 0 Å². The summed E-state index contributed by atoms with van der Waals surface area (Å²) >= 11 is 1.51. The van der Waals surface area contributed by atoms with Crippen LogP contribution in [0.3, 0.4) is 0 Å². The molecular formula is C15H20N2OS. The number of nitrogens with zero attached hydrogens (tertiary/aromatic N) is 1. The van der Waals surface area contributed by atoms with Crippen LogP contribution in [-0.4, -0.2) is 30.4 Å². The van der Waals surface area contributed by atoms with Crippen molar-refractivity contribution in [1.29, 1.82) is 0 Å². The Hall–Kier alpha value is -1.31. The van der Waals surface area contributed by atoms with Gasteiger partial charge in [-0.1, -0.05) is 18.8 Å². The fourth-order valence-corrected chi connectivity index (χ4v) is 2.74. The van der Waals surface area contributed by atoms with E-state index in [1.165, 1.54) is 24.2 Å². The van der Waals surface area contributed by atoms with E-state index in [2.05, 4.69) is 18.8 Å². The van der Waals surface area contributed by atoms with Crippen LogP contribution in [0.1, 0.15) is 41.4 Å². The number of rotatable bonds is 5. The van der Waals surface area contributed by atoms with Gasteiger partial charge in [-0.25, -0.2) is 0 Å². The van der Waals surface area contributed by atoms with Crippen molar-refractivity contribution in [3.8, 4) is 11.8 Å². The third-order valence-corrected chi connectivity index (χ3v) is 3.96. The van der Waals surface area contributed by atoms with E-state index in [0.29, 0.717) is 6.54 Å². The molecule has 0 aliphatic heterocycles. The zero-order valence-electron chi connectivity index (χ0n) is 11.3. The molecule has 4 heteroatoms. The average molecular weight is 276 g/mol. The number of nitrogens with two attached hydrogens (primary N) is 1. The Kier molecular flexibility index (Phi) is 5.00. The highest BCUT2D eigenvalue weighted by molar-refractivity contribution is 7.10. The lowest BCUT2D eigenvalue weighted by atomic mass is 10.2. The number of carbonyl (C=O) groups excluding carboxylic acids is 1. The Morgan fingerprint density at radius 1 is 1.58 bits per heavy atom. The summed E-state index contributed by atoms with van der Waals surface area (Å²) < 4.78 is 0. The summed E-state index contributed by atoms with van der Waals surface area (Å²) in [5.41, 5.74) is 6.11. The maximum atomic E-state index is 12.4. The monoisotopic (exact) mass is 276 g/mol. The number of carbonyl (C=O) groups is 1. The zero-order valence-corrected chi connectivity index (χ0v) is 12.1. The van der Waals surface area contributed by atoms with E-state index in [9.17, 15) is 4.79 Å². The first-order valence-corrected chi connectivity index (χ1v) is 7.69. The van der Waals surface area contributed by atoms with Gasteiger partial charge >= 0.3 is 0 Å². The van der Waals surface area contributed by atoms with E-state index in [4.69, 9.17) is 5.73 Å². The van der Waals surface area contributed by atoms with Gasteiger partial charge in [0.25, 0.3) is 5.91 Å². The van der Waals surface area contributed by atoms with Crippen molar-refractivity contribution < 1.29 is 4.79 Å². The molecular weight excluding hydrogens is 256 g/mol. The van der Waals surface area contributed by atoms with Gasteiger partial charge in [-0.2, -0.15) is 0 Å². The Labute approximate surface area is 118 Å². The maximum absolute atomic E-state index is 12.4. The molecule has 2 N–H and O–H groups in total. The quantitative estimate of drug-likeness (QED) is 0.839. The number of thiophene rings is 1. The lowest BCUT2D eigenvalue weighted by Crippen LogP contribution is -2.33. The first kappa shape index (κ1) is 14.1. The van der Waals surface area contributed by atoms with Crippen molar-refractivity contribution in [2.24, 2.45) is 11.7 Å². The fourth-order valence-electron chi connectivity index (χ4n) is 1.99. The highest BCUT2D eigenvalue weighted by atomic mass is 32.1. The van der Waals surface area contributed by atoms with E-state index in [-0.39, 0.29) is 5.91 Å². The van der Waals surface area contributed by atoms with Crippen molar-refractivity contribution in [1.82, 2.24) is 4.90 Å². The second-order valence-corrected chi connectivity index (χ2v) is 5.81. The van der Waals surface area contributed by atoms with Crippen LogP contribution in [-0.2, 0) is 0 Å². The van der Waals surface area contributed by atoms with Gasteiger partial charge in [-0.15, -0.1) is 11.3 Å². The molecule has 19 heavy (non-hydrogen) atoms. The van der Waals surface area contributed by atoms with Crippen LogP contribution in [0.15, 0.2) is 11.4 Å². The molecule has 3 nitrogen and oxygen atoms in total. The molecule has 102 valence electrons. The van der Waals surface area contributed by atoms with Crippen LogP contribution in [0, 0.1) is 17.8 Å². The lowest BCUT2D eigenvalue weighted by Gasteiger charge is -2.21. The van der Waals surface area contributed by atoms with E-state index in [1.807, 2.05) is 16.3 Å². The second kappa shape index (κ2) is 6.74. The Morgan fingerprint density at radius 3 is 3.00 bits per heavy atom. The Balaban J connectivity index is 2.04. The molecule has 0 radical (unpaired) electrons. The van der Waals surface area contributed by atoms with Crippen molar-refractivity contribution in [2.75, 3.05) is 19.6 Å². The minimum atomic E-state index is 0.144. The van der Waals surface area contributed by atoms with Crippen LogP contribution >= 0.6 is 11.3 Å². The third-order valence-electron chi connectivity index (χ3n) is 3.12. The summed E-state index contributed by atoms with van der Waals surface area (Å²) in [6.45, 7) is 4.21. The van der Waals surface area contributed by atoms with Crippen LogP contribution in [0.2, 0.25) is 0 Å². The predicted octanol–water partition coefficient (Wildman–Crippen LogP) is 2.32. The molecule has 1 aliphatic carbocycles. The molecule has 0 spiro atoms. The van der Waals surface area contributed by atoms with E-state index in [1.54, 1.807) is 0 Å². The Morgan fingerprint density at radius 2 is 2.37 bits per heavy atom. The largest absolute Gasteiger partial charge is 0.338 e. The van der Waals surface area contributed by atoms with Gasteiger partial charge in [0.05, 0.1) is 17.0 Å². The van der Waals surface area contributed by atoms with E-state index < -0.39 is 0 Å². The zero-order chi connectivity index (χ0) is 13.7. The maximum Gasteiger partial charge on any atom is 0.254 e. The van der Waals surface area contributed by atoms with Crippen molar-refractivity contribution in [3.63, 3.8) is 0 Å². The summed E-state index contributed by atoms with van der Waals surface area (Å²) in [6, 6.07) is 1.88. The second-order valence-electron chi connectivity index (χ2n) is 4.90. The molecule has 0 atom stereocenters. The highest BCUT2D eigenvalue weighted by Gasteiger charge is 2.27. The topological polar surface area (TPSA) is 46.3 Å². The smallest absolute Gasteiger partial charge is 0.254 e. The average Bonchev–Trinajstić information content (AvgIpc) is 3.10. The third kappa shape index (κ3) is 4.09. The SMILES string of the molecule is CCCN(CC1CC1)C(=O)c1csc(C#CCN)c1. The molecule has 0 saturated heterocycles. The Bertz CT molecular complexity index is 494. The molecule has 1 aromatic rings. The van der Waals surface area contributed by atoms with E-state index >= 15 is 0 Å². The van der Waals surface area contributed by atoms with Gasteiger partial charge in [-0.05, 0) is 31.2 Å². The molecule has 0 unspecified atom stereocenters. The number of hydrogen-bond acceptors (Lipinski definition) is 3. The van der Waals surface area contributed by atoms with E-state index in [0.717, 1.165) is 35.9 Å². The van der Waals surface area contributed by atoms with Gasteiger partial charge in [0.2, 0.25) is 0 Å². The number of hydrogen-bond donors (Lipinski definition) is 1. The molecule has 1 fully saturated rings. The predicted molar refractivity (Wildman–Crippen MR) is 79.2 cm³/mol. The molecule has 0 aromatic carbocycles. The molecule has 1 saturated carbocycles. The minimum Gasteiger partial charge on any atom is -0.338 e. The molecule has 0 bridgehead atoms. The first-order chi connectivity index (χ1) is 9.24. The van der Waals surface area contributed by atoms with Crippen LogP contribution < -0.4 is 5.73 Å². The highest BCUT2D eigenvalue weighted by Crippen LogP contribution is 2.30. The first-order valence-electron chi connectivity index (χ1n) is 6.81. The summed E-state index contributed by atoms with van der Waals surface area (Å²) in [4.78, 5) is 15.3. The van der Waals surface area contributed by atoms with Crippen molar-refractivity contribution in [3.05, 3.63) is 21.9 Å². The molecule has 1 aliphatic rings. The molecule has 2 rings (SSSR count). The summed E-state index contributed by atoms with van der Waals surface area (Å²) in [7, 11) is 0. The summed E-state index contributed by atoms with van der Waals surface area (Å²) in [6.07, 6.45) is 3.54. The standard InChI is InChI=1S/C15H20N2OS/c1-2-8-17(10-12-5-6-12)15(18)13-9-14(19-11-13)4-3-7-16/h9,11-12H,2,5-8,10,16H2,1H3. The van der Waals surface area contributed by atoms with Gasteiger partial charge in [0.15, 0.2) is 0 Å². The van der Waals surface area contributed by atoms with Gasteiger partial charge in [0, 0.05) is 18.5 Å². The fraction of sp³-hybridized carbons (Fsp3) is 0.533. The van der Waals surface area contributed by atoms with Crippen molar-refractivity contribution in [2.45, 2.75) is 26.2 Å². The lowest BCUT2D eigenvalue weighted by molar-refractivity contribution is 0.0748. The van der Waals surface area contributed by atoms with Gasteiger partial charge in [-0.3, -0.25) is 4.79 Å². The normalized spacial score (nSPS) is 13.8. The minimum absolute atomic E-state index is 0.144. The van der Waals surface area contributed by atoms with Gasteiger partial charge in [0.1, 0.15) is 0 Å². The molecule has 1 aromatic heterocycles. The molecule has 1 amide bonds. The van der Waals surface area contributed by atoms with Crippen LogP contribution in [0.5, 0.6) is 0 Å². The summed E-state index contributed by atoms with van der Waals surface area (Å²) in [5.74, 6) is 6.66.